The van der Waals surface area contributed by atoms with E-state index < -0.39 is 6.10 Å². The van der Waals surface area contributed by atoms with Crippen LogP contribution in [0.2, 0.25) is 10.0 Å². The van der Waals surface area contributed by atoms with Gasteiger partial charge in [0.25, 0.3) is 0 Å². The molecule has 0 amide bonds. The third kappa shape index (κ3) is 3.13. The minimum absolute atomic E-state index is 0.0677. The summed E-state index contributed by atoms with van der Waals surface area (Å²) in [5, 5.41) is 22.9. The normalized spacial score (nSPS) is 44.3. The number of allylic oxidation sites excluding steroid dienone is 1. The zero-order valence-electron chi connectivity index (χ0n) is 17.9. The second-order valence-corrected chi connectivity index (χ2v) is 11.5. The molecular weight excluding hydrogens is 415 g/mol. The third-order valence-corrected chi connectivity index (χ3v) is 9.81. The molecule has 3 saturated carbocycles. The number of aliphatic hydroxyl groups is 2. The summed E-state index contributed by atoms with van der Waals surface area (Å²) in [4.78, 5) is 0. The van der Waals surface area contributed by atoms with Crippen molar-refractivity contribution in [3.8, 4) is 0 Å². The third-order valence-electron chi connectivity index (χ3n) is 9.25. The monoisotopic (exact) mass is 446 g/mol. The van der Waals surface area contributed by atoms with Crippen molar-refractivity contribution in [3.05, 3.63) is 51.0 Å². The molecule has 1 aromatic rings. The average molecular weight is 447 g/mol. The van der Waals surface area contributed by atoms with Crippen LogP contribution in [0.5, 0.6) is 0 Å². The molecule has 0 heterocycles. The van der Waals surface area contributed by atoms with E-state index in [2.05, 4.69) is 26.0 Å². The van der Waals surface area contributed by atoms with Crippen molar-refractivity contribution in [2.45, 2.75) is 71.0 Å². The van der Waals surface area contributed by atoms with E-state index in [-0.39, 0.29) is 16.9 Å². The van der Waals surface area contributed by atoms with Gasteiger partial charge in [-0.05, 0) is 91.4 Å². The van der Waals surface area contributed by atoms with Crippen molar-refractivity contribution >= 4 is 29.3 Å². The Morgan fingerprint density at radius 1 is 1.03 bits per heavy atom. The number of benzene rings is 1. The minimum Gasteiger partial charge on any atom is -0.393 e. The first kappa shape index (κ1) is 21.1. The van der Waals surface area contributed by atoms with Crippen LogP contribution in [0.15, 0.2) is 35.4 Å². The zero-order chi connectivity index (χ0) is 21.3. The van der Waals surface area contributed by atoms with Gasteiger partial charge in [-0.3, -0.25) is 0 Å². The first-order chi connectivity index (χ1) is 14.2. The van der Waals surface area contributed by atoms with Gasteiger partial charge in [0, 0.05) is 15.5 Å². The SMILES string of the molecule is C[C@]12CC[C@H]3[C@@H](CC=C4C[C@H](O)CC[C@@]43C)[C@@H]1C/C(=C\c1ccc(Cl)cc1Cl)[C@H]2O. The first-order valence-electron chi connectivity index (χ1n) is 11.4. The van der Waals surface area contributed by atoms with Gasteiger partial charge in [0.05, 0.1) is 12.2 Å². The summed E-state index contributed by atoms with van der Waals surface area (Å²) in [6.45, 7) is 4.74. The average Bonchev–Trinajstić information content (AvgIpc) is 2.95. The van der Waals surface area contributed by atoms with Crippen molar-refractivity contribution in [3.63, 3.8) is 0 Å². The van der Waals surface area contributed by atoms with Gasteiger partial charge < -0.3 is 10.2 Å². The molecule has 5 rings (SSSR count). The van der Waals surface area contributed by atoms with Crippen LogP contribution >= 0.6 is 23.2 Å². The molecule has 0 spiro atoms. The summed E-state index contributed by atoms with van der Waals surface area (Å²) in [7, 11) is 0. The van der Waals surface area contributed by atoms with Crippen molar-refractivity contribution < 1.29 is 10.2 Å². The molecule has 3 fully saturated rings. The lowest BCUT2D eigenvalue weighted by molar-refractivity contribution is -0.0685. The summed E-state index contributed by atoms with van der Waals surface area (Å²) >= 11 is 12.5. The number of halogens is 2. The Morgan fingerprint density at radius 3 is 2.60 bits per heavy atom. The zero-order valence-corrected chi connectivity index (χ0v) is 19.4. The molecule has 162 valence electrons. The summed E-state index contributed by atoms with van der Waals surface area (Å²) in [5.74, 6) is 1.76. The Bertz CT molecular complexity index is 922. The van der Waals surface area contributed by atoms with Crippen LogP contribution in [0.25, 0.3) is 6.08 Å². The Balaban J connectivity index is 1.48. The molecule has 0 saturated heterocycles. The number of hydrogen-bond acceptors (Lipinski definition) is 2. The number of hydrogen-bond donors (Lipinski definition) is 2. The Labute approximate surface area is 190 Å². The summed E-state index contributed by atoms with van der Waals surface area (Å²) in [6.07, 6.45) is 11.1. The van der Waals surface area contributed by atoms with E-state index in [1.54, 1.807) is 6.07 Å². The van der Waals surface area contributed by atoms with Crippen LogP contribution in [0.1, 0.15) is 64.4 Å². The van der Waals surface area contributed by atoms with Gasteiger partial charge in [-0.1, -0.05) is 60.8 Å². The number of aliphatic hydroxyl groups excluding tert-OH is 2. The van der Waals surface area contributed by atoms with Gasteiger partial charge in [-0.15, -0.1) is 0 Å². The predicted molar refractivity (Wildman–Crippen MR) is 124 cm³/mol. The van der Waals surface area contributed by atoms with E-state index in [1.807, 2.05) is 12.1 Å². The molecule has 0 bridgehead atoms. The molecule has 4 aliphatic carbocycles. The molecule has 2 nitrogen and oxygen atoms in total. The fourth-order valence-electron chi connectivity index (χ4n) is 7.46. The van der Waals surface area contributed by atoms with Gasteiger partial charge >= 0.3 is 0 Å². The predicted octanol–water partition coefficient (Wildman–Crippen LogP) is 6.67. The standard InChI is InChI=1S/C26H32Cl2O2/c1-25-9-7-19(29)13-17(25)4-6-20-21(25)8-10-26(2)22(20)12-16(24(26)30)11-15-3-5-18(27)14-23(15)28/h3-5,11,14,19-22,24,29-30H,6-10,12-13H2,1-2H3/b16-11+/t19-,20-,21+,22+,24-,25+,26+/m1/s1. The van der Waals surface area contributed by atoms with E-state index in [0.29, 0.717) is 27.8 Å². The van der Waals surface area contributed by atoms with Crippen LogP contribution in [0.3, 0.4) is 0 Å². The first-order valence-corrected chi connectivity index (χ1v) is 12.2. The quantitative estimate of drug-likeness (QED) is 0.472. The van der Waals surface area contributed by atoms with Gasteiger partial charge in [0.2, 0.25) is 0 Å². The molecule has 4 aliphatic rings. The van der Waals surface area contributed by atoms with Crippen LogP contribution in [0.4, 0.5) is 0 Å². The van der Waals surface area contributed by atoms with Gasteiger partial charge in [-0.2, -0.15) is 0 Å². The molecule has 0 unspecified atom stereocenters. The molecule has 0 aliphatic heterocycles. The van der Waals surface area contributed by atoms with E-state index >= 15 is 0 Å². The molecule has 4 heteroatoms. The van der Waals surface area contributed by atoms with E-state index in [4.69, 9.17) is 23.2 Å². The lowest BCUT2D eigenvalue weighted by Gasteiger charge is -2.57. The topological polar surface area (TPSA) is 40.5 Å². The van der Waals surface area contributed by atoms with Crippen molar-refractivity contribution in [2.75, 3.05) is 0 Å². The second kappa shape index (κ2) is 7.37. The Hall–Kier alpha value is -0.800. The Morgan fingerprint density at radius 2 is 1.83 bits per heavy atom. The maximum absolute atomic E-state index is 11.4. The van der Waals surface area contributed by atoms with Gasteiger partial charge in [-0.25, -0.2) is 0 Å². The van der Waals surface area contributed by atoms with Crippen molar-refractivity contribution in [1.29, 1.82) is 0 Å². The minimum atomic E-state index is -0.415. The molecule has 1 aromatic carbocycles. The van der Waals surface area contributed by atoms with Crippen LogP contribution < -0.4 is 0 Å². The van der Waals surface area contributed by atoms with Crippen molar-refractivity contribution in [2.24, 2.45) is 28.6 Å². The highest BCUT2D eigenvalue weighted by atomic mass is 35.5. The maximum atomic E-state index is 11.4. The highest BCUT2D eigenvalue weighted by molar-refractivity contribution is 6.35. The lowest BCUT2D eigenvalue weighted by Crippen LogP contribution is -2.51. The Kier molecular flexibility index (Phi) is 5.18. The fraction of sp³-hybridized carbons (Fsp3) is 0.615. The van der Waals surface area contributed by atoms with E-state index in [9.17, 15) is 10.2 Å². The summed E-state index contributed by atoms with van der Waals surface area (Å²) < 4.78 is 0. The van der Waals surface area contributed by atoms with Gasteiger partial charge in [0.1, 0.15) is 0 Å². The highest BCUT2D eigenvalue weighted by Gasteiger charge is 2.59. The van der Waals surface area contributed by atoms with Crippen LogP contribution in [-0.2, 0) is 0 Å². The smallest absolute Gasteiger partial charge is 0.0809 e. The molecule has 0 radical (unpaired) electrons. The molecule has 0 aromatic heterocycles. The maximum Gasteiger partial charge on any atom is 0.0809 e. The number of fused-ring (bicyclic) bond motifs is 5. The van der Waals surface area contributed by atoms with Crippen molar-refractivity contribution in [1.82, 2.24) is 0 Å². The number of rotatable bonds is 1. The summed E-state index contributed by atoms with van der Waals surface area (Å²) in [5.41, 5.74) is 3.70. The van der Waals surface area contributed by atoms with E-state index in [0.717, 1.165) is 49.7 Å². The largest absolute Gasteiger partial charge is 0.393 e. The lowest BCUT2D eigenvalue weighted by atomic mass is 9.48. The molecule has 2 N–H and O–H groups in total. The van der Waals surface area contributed by atoms with Crippen LogP contribution in [-0.4, -0.2) is 22.4 Å². The fourth-order valence-corrected chi connectivity index (χ4v) is 7.92. The molecule has 30 heavy (non-hydrogen) atoms. The van der Waals surface area contributed by atoms with E-state index in [1.165, 1.54) is 12.0 Å². The molecular formula is C26H32Cl2O2. The van der Waals surface area contributed by atoms with Crippen LogP contribution in [0, 0.1) is 28.6 Å². The second-order valence-electron chi connectivity index (χ2n) is 10.7. The summed E-state index contributed by atoms with van der Waals surface area (Å²) in [6, 6.07) is 5.58. The molecule has 7 atom stereocenters. The van der Waals surface area contributed by atoms with Gasteiger partial charge in [0.15, 0.2) is 0 Å². The highest BCUT2D eigenvalue weighted by Crippen LogP contribution is 2.65.